The van der Waals surface area contributed by atoms with Crippen LogP contribution in [0.5, 0.6) is 0 Å². The average molecular weight is 267 g/mol. The SMILES string of the molecule is Cc1ccccc1CCc1nnc(Br)o1. The third-order valence-electron chi connectivity index (χ3n) is 2.31. The van der Waals surface area contributed by atoms with E-state index < -0.39 is 0 Å². The van der Waals surface area contributed by atoms with Gasteiger partial charge in [0.25, 0.3) is 4.80 Å². The van der Waals surface area contributed by atoms with Crippen LogP contribution in [0.25, 0.3) is 0 Å². The van der Waals surface area contributed by atoms with Crippen LogP contribution >= 0.6 is 15.9 Å². The Morgan fingerprint density at radius 1 is 1.20 bits per heavy atom. The summed E-state index contributed by atoms with van der Waals surface area (Å²) in [7, 11) is 0. The molecular weight excluding hydrogens is 256 g/mol. The first kappa shape index (κ1) is 10.4. The molecule has 1 aromatic heterocycles. The molecule has 0 aliphatic heterocycles. The van der Waals surface area contributed by atoms with Crippen LogP contribution in [0.3, 0.4) is 0 Å². The zero-order valence-corrected chi connectivity index (χ0v) is 9.99. The molecule has 1 aromatic carbocycles. The lowest BCUT2D eigenvalue weighted by atomic mass is 10.0. The highest BCUT2D eigenvalue weighted by Crippen LogP contribution is 2.12. The van der Waals surface area contributed by atoms with E-state index in [0.29, 0.717) is 10.7 Å². The quantitative estimate of drug-likeness (QED) is 0.858. The van der Waals surface area contributed by atoms with Gasteiger partial charge in [0, 0.05) is 22.4 Å². The van der Waals surface area contributed by atoms with Crippen molar-refractivity contribution in [3.63, 3.8) is 0 Å². The van der Waals surface area contributed by atoms with Gasteiger partial charge in [-0.3, -0.25) is 0 Å². The standard InChI is InChI=1S/C11H11BrN2O/c1-8-4-2-3-5-9(8)6-7-10-13-14-11(12)15-10/h2-5H,6-7H2,1H3. The summed E-state index contributed by atoms with van der Waals surface area (Å²) in [6.45, 7) is 2.11. The molecule has 15 heavy (non-hydrogen) atoms. The minimum absolute atomic E-state index is 0.447. The molecule has 0 fully saturated rings. The van der Waals surface area contributed by atoms with Crippen molar-refractivity contribution in [2.45, 2.75) is 19.8 Å². The third kappa shape index (κ3) is 2.65. The number of hydrogen-bond donors (Lipinski definition) is 0. The highest BCUT2D eigenvalue weighted by atomic mass is 79.9. The molecule has 0 bridgehead atoms. The summed E-state index contributed by atoms with van der Waals surface area (Å²) in [5.41, 5.74) is 2.63. The molecule has 0 saturated carbocycles. The molecule has 0 saturated heterocycles. The fourth-order valence-corrected chi connectivity index (χ4v) is 1.73. The van der Waals surface area contributed by atoms with E-state index in [-0.39, 0.29) is 0 Å². The van der Waals surface area contributed by atoms with Crippen LogP contribution in [0.4, 0.5) is 0 Å². The summed E-state index contributed by atoms with van der Waals surface area (Å²) >= 11 is 3.13. The monoisotopic (exact) mass is 266 g/mol. The predicted octanol–water partition coefficient (Wildman–Crippen LogP) is 2.93. The number of halogens is 1. The summed E-state index contributed by atoms with van der Waals surface area (Å²) in [4.78, 5) is 0.447. The molecule has 1 heterocycles. The Kier molecular flexibility index (Phi) is 3.16. The Bertz CT molecular complexity index is 453. The van der Waals surface area contributed by atoms with Crippen molar-refractivity contribution in [1.29, 1.82) is 0 Å². The normalized spacial score (nSPS) is 10.5. The lowest BCUT2D eigenvalue weighted by Gasteiger charge is -2.02. The van der Waals surface area contributed by atoms with E-state index in [1.54, 1.807) is 0 Å². The van der Waals surface area contributed by atoms with Gasteiger partial charge < -0.3 is 4.42 Å². The molecule has 0 spiro atoms. The number of benzene rings is 1. The molecule has 3 nitrogen and oxygen atoms in total. The van der Waals surface area contributed by atoms with Gasteiger partial charge >= 0.3 is 0 Å². The fourth-order valence-electron chi connectivity index (χ4n) is 1.47. The number of aryl methyl sites for hydroxylation is 3. The Morgan fingerprint density at radius 3 is 2.67 bits per heavy atom. The zero-order valence-electron chi connectivity index (χ0n) is 8.40. The maximum Gasteiger partial charge on any atom is 0.284 e. The molecule has 2 aromatic rings. The second-order valence-electron chi connectivity index (χ2n) is 3.38. The van der Waals surface area contributed by atoms with Crippen molar-refractivity contribution in [2.24, 2.45) is 0 Å². The highest BCUT2D eigenvalue weighted by Gasteiger charge is 2.04. The Labute approximate surface area is 96.7 Å². The van der Waals surface area contributed by atoms with Crippen molar-refractivity contribution < 1.29 is 4.42 Å². The van der Waals surface area contributed by atoms with Gasteiger partial charge in [-0.05, 0) is 24.5 Å². The Balaban J connectivity index is 2.02. The topological polar surface area (TPSA) is 38.9 Å². The van der Waals surface area contributed by atoms with Crippen molar-refractivity contribution in [1.82, 2.24) is 10.2 Å². The van der Waals surface area contributed by atoms with E-state index in [9.17, 15) is 0 Å². The average Bonchev–Trinajstić information content (AvgIpc) is 2.63. The van der Waals surface area contributed by atoms with E-state index in [2.05, 4.69) is 45.2 Å². The van der Waals surface area contributed by atoms with E-state index in [0.717, 1.165) is 12.8 Å². The van der Waals surface area contributed by atoms with Gasteiger partial charge in [-0.1, -0.05) is 24.3 Å². The molecule has 78 valence electrons. The Morgan fingerprint density at radius 2 is 2.00 bits per heavy atom. The van der Waals surface area contributed by atoms with Gasteiger partial charge in [0.1, 0.15) is 0 Å². The number of aromatic nitrogens is 2. The van der Waals surface area contributed by atoms with Gasteiger partial charge in [-0.2, -0.15) is 0 Å². The maximum atomic E-state index is 5.24. The van der Waals surface area contributed by atoms with Crippen LogP contribution in [-0.4, -0.2) is 10.2 Å². The van der Waals surface area contributed by atoms with E-state index in [1.165, 1.54) is 11.1 Å². The van der Waals surface area contributed by atoms with Crippen LogP contribution in [0.15, 0.2) is 33.5 Å². The minimum Gasteiger partial charge on any atom is -0.416 e. The first-order valence-electron chi connectivity index (χ1n) is 4.78. The lowest BCUT2D eigenvalue weighted by molar-refractivity contribution is 0.471. The molecule has 0 amide bonds. The van der Waals surface area contributed by atoms with Crippen LogP contribution in [0.1, 0.15) is 17.0 Å². The summed E-state index contributed by atoms with van der Waals surface area (Å²) in [5.74, 6) is 0.671. The zero-order chi connectivity index (χ0) is 10.7. The second kappa shape index (κ2) is 4.57. The van der Waals surface area contributed by atoms with E-state index in [4.69, 9.17) is 4.42 Å². The summed E-state index contributed by atoms with van der Waals surface area (Å²) in [6.07, 6.45) is 1.71. The van der Waals surface area contributed by atoms with Gasteiger partial charge in [0.05, 0.1) is 0 Å². The lowest BCUT2D eigenvalue weighted by Crippen LogP contribution is -1.94. The molecule has 2 rings (SSSR count). The Hall–Kier alpha value is -1.16. The van der Waals surface area contributed by atoms with Crippen molar-refractivity contribution >= 4 is 15.9 Å². The van der Waals surface area contributed by atoms with Gasteiger partial charge in [0.15, 0.2) is 0 Å². The molecule has 0 N–H and O–H groups in total. The molecule has 4 heteroatoms. The molecule has 0 atom stereocenters. The summed E-state index contributed by atoms with van der Waals surface area (Å²) < 4.78 is 5.24. The maximum absolute atomic E-state index is 5.24. The molecular formula is C11H11BrN2O. The van der Waals surface area contributed by atoms with Crippen LogP contribution in [-0.2, 0) is 12.8 Å². The van der Waals surface area contributed by atoms with Gasteiger partial charge in [-0.15, -0.1) is 10.2 Å². The van der Waals surface area contributed by atoms with Gasteiger partial charge in [0.2, 0.25) is 5.89 Å². The first-order chi connectivity index (χ1) is 7.25. The molecule has 0 radical (unpaired) electrons. The number of hydrogen-bond acceptors (Lipinski definition) is 3. The van der Waals surface area contributed by atoms with Crippen LogP contribution in [0, 0.1) is 6.92 Å². The fraction of sp³-hybridized carbons (Fsp3) is 0.273. The number of nitrogens with zero attached hydrogens (tertiary/aromatic N) is 2. The molecule has 0 unspecified atom stereocenters. The van der Waals surface area contributed by atoms with Crippen molar-refractivity contribution in [3.05, 3.63) is 46.1 Å². The first-order valence-corrected chi connectivity index (χ1v) is 5.57. The summed E-state index contributed by atoms with van der Waals surface area (Å²) in [6, 6.07) is 8.33. The van der Waals surface area contributed by atoms with Crippen molar-refractivity contribution in [3.8, 4) is 0 Å². The molecule has 0 aliphatic carbocycles. The largest absolute Gasteiger partial charge is 0.416 e. The van der Waals surface area contributed by atoms with Crippen LogP contribution < -0.4 is 0 Å². The number of rotatable bonds is 3. The second-order valence-corrected chi connectivity index (χ2v) is 4.05. The van der Waals surface area contributed by atoms with Gasteiger partial charge in [-0.25, -0.2) is 0 Å². The molecule has 0 aliphatic rings. The third-order valence-corrected chi connectivity index (χ3v) is 2.63. The smallest absolute Gasteiger partial charge is 0.284 e. The van der Waals surface area contributed by atoms with E-state index >= 15 is 0 Å². The minimum atomic E-state index is 0.447. The highest BCUT2D eigenvalue weighted by molar-refractivity contribution is 9.10. The van der Waals surface area contributed by atoms with Crippen LogP contribution in [0.2, 0.25) is 0 Å². The van der Waals surface area contributed by atoms with E-state index in [1.807, 2.05) is 12.1 Å². The van der Waals surface area contributed by atoms with Crippen molar-refractivity contribution in [2.75, 3.05) is 0 Å². The predicted molar refractivity (Wildman–Crippen MR) is 60.6 cm³/mol. The summed E-state index contributed by atoms with van der Waals surface area (Å²) in [5, 5.41) is 7.65.